The second kappa shape index (κ2) is 5.20. The van der Waals surface area contributed by atoms with Crippen LogP contribution in [0.1, 0.15) is 24.2 Å². The molecule has 0 aromatic carbocycles. The number of anilines is 1. The minimum atomic E-state index is -0.447. The molecule has 0 saturated carbocycles. The van der Waals surface area contributed by atoms with Crippen LogP contribution < -0.4 is 10.6 Å². The molecule has 0 unspecified atom stereocenters. The normalized spacial score (nSPS) is 10.2. The van der Waals surface area contributed by atoms with E-state index in [1.165, 1.54) is 12.4 Å². The lowest BCUT2D eigenvalue weighted by atomic mass is 10.3. The van der Waals surface area contributed by atoms with Gasteiger partial charge in [0.25, 0.3) is 0 Å². The highest BCUT2D eigenvalue weighted by atomic mass is 16.1. The van der Waals surface area contributed by atoms with Crippen molar-refractivity contribution in [2.75, 3.05) is 11.4 Å². The summed E-state index contributed by atoms with van der Waals surface area (Å²) >= 11 is 0. The van der Waals surface area contributed by atoms with Crippen molar-refractivity contribution in [2.24, 2.45) is 5.73 Å². The summed E-state index contributed by atoms with van der Waals surface area (Å²) in [6.45, 7) is 3.86. The highest BCUT2D eigenvalue weighted by molar-refractivity contribution is 5.79. The molecular formula is C10H14N4O2. The van der Waals surface area contributed by atoms with E-state index < -0.39 is 5.91 Å². The van der Waals surface area contributed by atoms with Crippen molar-refractivity contribution < 1.29 is 9.59 Å². The van der Waals surface area contributed by atoms with Crippen molar-refractivity contribution in [1.82, 2.24) is 9.97 Å². The lowest BCUT2D eigenvalue weighted by molar-refractivity contribution is -0.116. The van der Waals surface area contributed by atoms with Crippen molar-refractivity contribution in [3.8, 4) is 0 Å². The van der Waals surface area contributed by atoms with Crippen LogP contribution >= 0.6 is 0 Å². The van der Waals surface area contributed by atoms with E-state index in [9.17, 15) is 9.59 Å². The van der Waals surface area contributed by atoms with Gasteiger partial charge in [-0.3, -0.25) is 9.59 Å². The maximum atomic E-state index is 10.9. The molecule has 6 heteroatoms. The predicted octanol–water partition coefficient (Wildman–Crippen LogP) is -0.0108. The van der Waals surface area contributed by atoms with E-state index in [0.717, 1.165) is 0 Å². The molecule has 1 aromatic rings. The largest absolute Gasteiger partial charge is 0.368 e. The summed E-state index contributed by atoms with van der Waals surface area (Å²) in [5.41, 5.74) is 5.53. The molecule has 0 radical (unpaired) electrons. The lowest BCUT2D eigenvalue weighted by Gasteiger charge is -2.24. The van der Waals surface area contributed by atoms with E-state index >= 15 is 0 Å². The van der Waals surface area contributed by atoms with Crippen molar-refractivity contribution in [1.29, 1.82) is 0 Å². The summed E-state index contributed by atoms with van der Waals surface area (Å²) in [6.07, 6.45) is 3.48. The van der Waals surface area contributed by atoms with Gasteiger partial charge < -0.3 is 10.6 Å². The molecule has 2 N–H and O–H groups in total. The SMILES string of the molecule is CC(C)N(CC(N)=O)c1ncc(C=O)cn1. The van der Waals surface area contributed by atoms with Crippen molar-refractivity contribution in [3.63, 3.8) is 0 Å². The number of carbonyl (C=O) groups excluding carboxylic acids is 2. The number of hydrogen-bond acceptors (Lipinski definition) is 5. The van der Waals surface area contributed by atoms with Crippen LogP contribution in [0.15, 0.2) is 12.4 Å². The van der Waals surface area contributed by atoms with Crippen LogP contribution in [0.4, 0.5) is 5.95 Å². The Kier molecular flexibility index (Phi) is 3.93. The zero-order valence-corrected chi connectivity index (χ0v) is 9.25. The maximum Gasteiger partial charge on any atom is 0.237 e. The minimum Gasteiger partial charge on any atom is -0.368 e. The first-order chi connectivity index (χ1) is 7.54. The van der Waals surface area contributed by atoms with Gasteiger partial charge in [-0.1, -0.05) is 0 Å². The fraction of sp³-hybridized carbons (Fsp3) is 0.400. The number of aldehydes is 1. The van der Waals surface area contributed by atoms with Crippen LogP contribution in [0, 0.1) is 0 Å². The molecule has 0 aliphatic heterocycles. The van der Waals surface area contributed by atoms with Crippen LogP contribution in [-0.2, 0) is 4.79 Å². The Morgan fingerprint density at radius 1 is 1.50 bits per heavy atom. The van der Waals surface area contributed by atoms with Gasteiger partial charge in [0.15, 0.2) is 6.29 Å². The van der Waals surface area contributed by atoms with E-state index in [1.807, 2.05) is 13.8 Å². The Balaban J connectivity index is 2.92. The molecule has 0 saturated heterocycles. The first-order valence-electron chi connectivity index (χ1n) is 4.86. The summed E-state index contributed by atoms with van der Waals surface area (Å²) in [7, 11) is 0. The van der Waals surface area contributed by atoms with Crippen molar-refractivity contribution >= 4 is 18.1 Å². The van der Waals surface area contributed by atoms with E-state index in [0.29, 0.717) is 17.8 Å². The quantitative estimate of drug-likeness (QED) is 0.708. The second-order valence-corrected chi connectivity index (χ2v) is 3.62. The van der Waals surface area contributed by atoms with Gasteiger partial charge in [0.05, 0.1) is 12.1 Å². The lowest BCUT2D eigenvalue weighted by Crippen LogP contribution is -2.39. The van der Waals surface area contributed by atoms with Gasteiger partial charge in [-0.15, -0.1) is 0 Å². The Hall–Kier alpha value is -1.98. The monoisotopic (exact) mass is 222 g/mol. The molecule has 0 spiro atoms. The number of nitrogens with zero attached hydrogens (tertiary/aromatic N) is 3. The number of amides is 1. The average Bonchev–Trinajstić information content (AvgIpc) is 2.25. The maximum absolute atomic E-state index is 10.9. The number of primary amides is 1. The second-order valence-electron chi connectivity index (χ2n) is 3.62. The van der Waals surface area contributed by atoms with Crippen molar-refractivity contribution in [3.05, 3.63) is 18.0 Å². The highest BCUT2D eigenvalue weighted by Crippen LogP contribution is 2.09. The molecule has 0 atom stereocenters. The molecule has 16 heavy (non-hydrogen) atoms. The molecule has 0 aliphatic rings. The third kappa shape index (κ3) is 3.01. The van der Waals surface area contributed by atoms with Crippen LogP contribution in [0.2, 0.25) is 0 Å². The summed E-state index contributed by atoms with van der Waals surface area (Å²) in [6, 6.07) is 0.0505. The molecule has 86 valence electrons. The van der Waals surface area contributed by atoms with Gasteiger partial charge in [-0.05, 0) is 13.8 Å². The third-order valence-electron chi connectivity index (χ3n) is 2.00. The number of nitrogens with two attached hydrogens (primary N) is 1. The Labute approximate surface area is 93.5 Å². The van der Waals surface area contributed by atoms with Gasteiger partial charge in [0.2, 0.25) is 11.9 Å². The summed E-state index contributed by atoms with van der Waals surface area (Å²) in [5.74, 6) is -0.0591. The summed E-state index contributed by atoms with van der Waals surface area (Å²) in [5, 5.41) is 0. The number of rotatable bonds is 5. The molecular weight excluding hydrogens is 208 g/mol. The smallest absolute Gasteiger partial charge is 0.237 e. The summed E-state index contributed by atoms with van der Waals surface area (Å²) < 4.78 is 0. The van der Waals surface area contributed by atoms with E-state index in [2.05, 4.69) is 9.97 Å². The zero-order valence-electron chi connectivity index (χ0n) is 9.25. The Morgan fingerprint density at radius 3 is 2.44 bits per heavy atom. The van der Waals surface area contributed by atoms with Gasteiger partial charge >= 0.3 is 0 Å². The molecule has 0 aliphatic carbocycles. The number of hydrogen-bond donors (Lipinski definition) is 1. The Morgan fingerprint density at radius 2 is 2.06 bits per heavy atom. The molecule has 6 nitrogen and oxygen atoms in total. The number of aromatic nitrogens is 2. The van der Waals surface area contributed by atoms with Crippen LogP contribution in [-0.4, -0.2) is 34.7 Å². The van der Waals surface area contributed by atoms with Gasteiger partial charge in [0, 0.05) is 18.4 Å². The van der Waals surface area contributed by atoms with Gasteiger partial charge in [-0.2, -0.15) is 0 Å². The van der Waals surface area contributed by atoms with Crippen molar-refractivity contribution in [2.45, 2.75) is 19.9 Å². The van der Waals surface area contributed by atoms with E-state index in [-0.39, 0.29) is 12.6 Å². The molecule has 1 heterocycles. The fourth-order valence-corrected chi connectivity index (χ4v) is 1.19. The standard InChI is InChI=1S/C10H14N4O2/c1-7(2)14(5-9(11)16)10-12-3-8(6-15)4-13-10/h3-4,6-7H,5H2,1-2H3,(H2,11,16). The Bertz CT molecular complexity index is 375. The van der Waals surface area contributed by atoms with Gasteiger partial charge in [-0.25, -0.2) is 9.97 Å². The first kappa shape index (κ1) is 12.1. The van der Waals surface area contributed by atoms with Crippen LogP contribution in [0.3, 0.4) is 0 Å². The summed E-state index contributed by atoms with van der Waals surface area (Å²) in [4.78, 5) is 31.0. The van der Waals surface area contributed by atoms with Gasteiger partial charge in [0.1, 0.15) is 0 Å². The molecule has 1 rings (SSSR count). The van der Waals surface area contributed by atoms with Crippen LogP contribution in [0.25, 0.3) is 0 Å². The molecule has 1 aromatic heterocycles. The third-order valence-corrected chi connectivity index (χ3v) is 2.00. The molecule has 0 bridgehead atoms. The van der Waals surface area contributed by atoms with E-state index in [4.69, 9.17) is 5.73 Å². The zero-order chi connectivity index (χ0) is 12.1. The fourth-order valence-electron chi connectivity index (χ4n) is 1.19. The van der Waals surface area contributed by atoms with Crippen LogP contribution in [0.5, 0.6) is 0 Å². The molecule has 1 amide bonds. The molecule has 0 fully saturated rings. The topological polar surface area (TPSA) is 89.2 Å². The minimum absolute atomic E-state index is 0.0505. The number of carbonyl (C=O) groups is 2. The van der Waals surface area contributed by atoms with E-state index in [1.54, 1.807) is 4.90 Å². The first-order valence-corrected chi connectivity index (χ1v) is 4.86. The highest BCUT2D eigenvalue weighted by Gasteiger charge is 2.15. The average molecular weight is 222 g/mol. The predicted molar refractivity (Wildman–Crippen MR) is 59.1 cm³/mol.